The number of fused-ring (bicyclic) bond motifs is 1. The van der Waals surface area contributed by atoms with Crippen LogP contribution in [0.2, 0.25) is 0 Å². The molecule has 0 aliphatic carbocycles. The van der Waals surface area contributed by atoms with Crippen molar-refractivity contribution in [3.05, 3.63) is 47.5 Å². The predicted octanol–water partition coefficient (Wildman–Crippen LogP) is 1.91. The van der Waals surface area contributed by atoms with E-state index in [-0.39, 0.29) is 42.5 Å². The van der Waals surface area contributed by atoms with Gasteiger partial charge in [-0.1, -0.05) is 30.3 Å². The van der Waals surface area contributed by atoms with Gasteiger partial charge in [0, 0.05) is 27.2 Å². The number of benzene rings is 1. The Bertz CT molecular complexity index is 819. The molecule has 2 N–H and O–H groups in total. The summed E-state index contributed by atoms with van der Waals surface area (Å²) in [7, 11) is 3.47. The van der Waals surface area contributed by atoms with Crippen LogP contribution in [0.15, 0.2) is 35.3 Å². The van der Waals surface area contributed by atoms with Crippen molar-refractivity contribution < 1.29 is 4.79 Å². The van der Waals surface area contributed by atoms with Crippen LogP contribution < -0.4 is 10.6 Å². The van der Waals surface area contributed by atoms with Crippen molar-refractivity contribution in [3.63, 3.8) is 0 Å². The zero-order chi connectivity index (χ0) is 19.9. The second-order valence-corrected chi connectivity index (χ2v) is 7.19. The fraction of sp³-hybridized carbons (Fsp3) is 0.500. The number of guanidine groups is 1. The Morgan fingerprint density at radius 1 is 1.31 bits per heavy atom. The van der Waals surface area contributed by atoms with Gasteiger partial charge in [0.2, 0.25) is 5.91 Å². The first-order chi connectivity index (χ1) is 13.5. The standard InChI is InChI=1S/C20H29N7O.HI/c1-15-23-19-17(10-7-13-27(19)25-15)24-20(22-14-18(28)26(2)3)21-12-11-16-8-5-4-6-9-16;/h4-6,8-9,17H,7,10-14H2,1-3H3,(H2,21,22,24);1H. The number of nitrogens with zero attached hydrogens (tertiary/aromatic N) is 5. The SMILES string of the molecule is Cc1nc2n(n1)CCCC2NC(=NCC(=O)N(C)C)NCCc1ccccc1.I. The molecule has 1 atom stereocenters. The van der Waals surface area contributed by atoms with E-state index in [1.807, 2.05) is 29.8 Å². The fourth-order valence-electron chi connectivity index (χ4n) is 3.18. The zero-order valence-corrected chi connectivity index (χ0v) is 19.6. The van der Waals surface area contributed by atoms with E-state index in [2.05, 4.69) is 37.8 Å². The molecule has 29 heavy (non-hydrogen) atoms. The van der Waals surface area contributed by atoms with Gasteiger partial charge in [-0.3, -0.25) is 4.79 Å². The Morgan fingerprint density at radius 2 is 2.07 bits per heavy atom. The van der Waals surface area contributed by atoms with E-state index < -0.39 is 0 Å². The van der Waals surface area contributed by atoms with Crippen molar-refractivity contribution in [1.82, 2.24) is 30.3 Å². The smallest absolute Gasteiger partial charge is 0.243 e. The summed E-state index contributed by atoms with van der Waals surface area (Å²) in [6.07, 6.45) is 2.86. The maximum Gasteiger partial charge on any atom is 0.243 e. The van der Waals surface area contributed by atoms with Gasteiger partial charge in [0.15, 0.2) is 5.96 Å². The van der Waals surface area contributed by atoms with Gasteiger partial charge in [-0.2, -0.15) is 5.10 Å². The first-order valence-electron chi connectivity index (χ1n) is 9.73. The summed E-state index contributed by atoms with van der Waals surface area (Å²) in [5.41, 5.74) is 1.26. The highest BCUT2D eigenvalue weighted by molar-refractivity contribution is 14.0. The molecule has 0 saturated heterocycles. The Morgan fingerprint density at radius 3 is 2.79 bits per heavy atom. The van der Waals surface area contributed by atoms with Gasteiger partial charge in [-0.25, -0.2) is 14.7 Å². The number of hydrogen-bond acceptors (Lipinski definition) is 4. The number of nitrogens with one attached hydrogen (secondary N) is 2. The van der Waals surface area contributed by atoms with E-state index in [4.69, 9.17) is 0 Å². The molecule has 0 spiro atoms. The number of hydrogen-bond donors (Lipinski definition) is 2. The summed E-state index contributed by atoms with van der Waals surface area (Å²) in [6.45, 7) is 3.63. The number of carbonyl (C=O) groups excluding carboxylic acids is 1. The van der Waals surface area contributed by atoms with Gasteiger partial charge in [0.1, 0.15) is 18.2 Å². The molecule has 1 amide bonds. The van der Waals surface area contributed by atoms with Crippen LogP contribution in [0.3, 0.4) is 0 Å². The first kappa shape index (κ1) is 23.1. The average Bonchev–Trinajstić information content (AvgIpc) is 3.07. The number of carbonyl (C=O) groups is 1. The normalized spacial score (nSPS) is 15.8. The lowest BCUT2D eigenvalue weighted by Crippen LogP contribution is -2.43. The number of rotatable bonds is 6. The van der Waals surface area contributed by atoms with Crippen LogP contribution in [0.4, 0.5) is 0 Å². The predicted molar refractivity (Wildman–Crippen MR) is 124 cm³/mol. The molecule has 0 saturated carbocycles. The molecule has 1 aliphatic rings. The molecular formula is C20H30IN7O. The van der Waals surface area contributed by atoms with Crippen molar-refractivity contribution in [2.45, 2.75) is 38.8 Å². The Kier molecular flexibility index (Phi) is 8.87. The molecule has 8 nitrogen and oxygen atoms in total. The minimum absolute atomic E-state index is 0. The first-order valence-corrected chi connectivity index (χ1v) is 9.73. The number of aliphatic imine (C=N–C) groups is 1. The van der Waals surface area contributed by atoms with Crippen LogP contribution in [0.25, 0.3) is 0 Å². The monoisotopic (exact) mass is 511 g/mol. The largest absolute Gasteiger partial charge is 0.356 e. The van der Waals surface area contributed by atoms with Crippen LogP contribution in [-0.2, 0) is 17.8 Å². The van der Waals surface area contributed by atoms with Crippen LogP contribution >= 0.6 is 24.0 Å². The third-order valence-electron chi connectivity index (χ3n) is 4.71. The fourth-order valence-corrected chi connectivity index (χ4v) is 3.18. The van der Waals surface area contributed by atoms with Crippen molar-refractivity contribution in [1.29, 1.82) is 0 Å². The molecule has 0 radical (unpaired) electrons. The maximum atomic E-state index is 12.0. The summed E-state index contributed by atoms with van der Waals surface area (Å²) in [4.78, 5) is 22.6. The zero-order valence-electron chi connectivity index (χ0n) is 17.3. The molecular weight excluding hydrogens is 481 g/mol. The van der Waals surface area contributed by atoms with Gasteiger partial charge in [-0.05, 0) is 31.7 Å². The van der Waals surface area contributed by atoms with E-state index >= 15 is 0 Å². The van der Waals surface area contributed by atoms with Crippen molar-refractivity contribution >= 4 is 35.8 Å². The van der Waals surface area contributed by atoms with E-state index in [1.165, 1.54) is 5.56 Å². The van der Waals surface area contributed by atoms with Gasteiger partial charge < -0.3 is 15.5 Å². The molecule has 0 bridgehead atoms. The van der Waals surface area contributed by atoms with Crippen LogP contribution in [-0.4, -0.2) is 58.7 Å². The molecule has 2 aromatic rings. The Balaban J connectivity index is 0.00000300. The lowest BCUT2D eigenvalue weighted by Gasteiger charge is -2.25. The quantitative estimate of drug-likeness (QED) is 0.352. The second kappa shape index (κ2) is 11.1. The molecule has 1 unspecified atom stereocenters. The number of aryl methyl sites for hydroxylation is 2. The Hall–Kier alpha value is -2.17. The van der Waals surface area contributed by atoms with Crippen molar-refractivity contribution in [3.8, 4) is 0 Å². The molecule has 1 aliphatic heterocycles. The van der Waals surface area contributed by atoms with Crippen molar-refractivity contribution in [2.24, 2.45) is 4.99 Å². The average molecular weight is 511 g/mol. The maximum absolute atomic E-state index is 12.0. The van der Waals surface area contributed by atoms with Gasteiger partial charge in [0.25, 0.3) is 0 Å². The summed E-state index contributed by atoms with van der Waals surface area (Å²) in [6, 6.07) is 10.3. The molecule has 1 aromatic carbocycles. The number of halogens is 1. The highest BCUT2D eigenvalue weighted by Crippen LogP contribution is 2.22. The minimum Gasteiger partial charge on any atom is -0.356 e. The summed E-state index contributed by atoms with van der Waals surface area (Å²) >= 11 is 0. The third kappa shape index (κ3) is 6.69. The van der Waals surface area contributed by atoms with E-state index in [9.17, 15) is 4.79 Å². The lowest BCUT2D eigenvalue weighted by atomic mass is 10.1. The minimum atomic E-state index is -0.0354. The molecule has 1 aromatic heterocycles. The highest BCUT2D eigenvalue weighted by atomic mass is 127. The van der Waals surface area contributed by atoms with E-state index in [1.54, 1.807) is 19.0 Å². The highest BCUT2D eigenvalue weighted by Gasteiger charge is 2.24. The molecule has 9 heteroatoms. The summed E-state index contributed by atoms with van der Waals surface area (Å²) < 4.78 is 1.96. The van der Waals surface area contributed by atoms with Gasteiger partial charge in [-0.15, -0.1) is 24.0 Å². The van der Waals surface area contributed by atoms with Gasteiger partial charge >= 0.3 is 0 Å². The van der Waals surface area contributed by atoms with E-state index in [0.717, 1.165) is 44.0 Å². The molecule has 0 fully saturated rings. The molecule has 158 valence electrons. The molecule has 3 rings (SSSR count). The second-order valence-electron chi connectivity index (χ2n) is 7.19. The Labute approximate surface area is 189 Å². The van der Waals surface area contributed by atoms with Crippen LogP contribution in [0, 0.1) is 6.92 Å². The van der Waals surface area contributed by atoms with Gasteiger partial charge in [0.05, 0.1) is 6.04 Å². The van der Waals surface area contributed by atoms with Crippen LogP contribution in [0.5, 0.6) is 0 Å². The number of likely N-dealkylation sites (N-methyl/N-ethyl adjacent to an activating group) is 1. The summed E-state index contributed by atoms with van der Waals surface area (Å²) in [5.74, 6) is 2.30. The number of amides is 1. The topological polar surface area (TPSA) is 87.4 Å². The lowest BCUT2D eigenvalue weighted by molar-refractivity contribution is -0.127. The van der Waals surface area contributed by atoms with Crippen LogP contribution in [0.1, 0.15) is 36.1 Å². The summed E-state index contributed by atoms with van der Waals surface area (Å²) in [5, 5.41) is 11.3. The molecule has 2 heterocycles. The van der Waals surface area contributed by atoms with Crippen molar-refractivity contribution in [2.75, 3.05) is 27.2 Å². The number of aromatic nitrogens is 3. The van der Waals surface area contributed by atoms with E-state index in [0.29, 0.717) is 5.96 Å². The third-order valence-corrected chi connectivity index (χ3v) is 4.71.